The van der Waals surface area contributed by atoms with E-state index in [1.165, 1.54) is 12.1 Å². The van der Waals surface area contributed by atoms with Gasteiger partial charge < -0.3 is 4.52 Å². The second-order valence-corrected chi connectivity index (χ2v) is 8.58. The molecule has 0 aliphatic carbocycles. The van der Waals surface area contributed by atoms with Crippen molar-refractivity contribution in [3.05, 3.63) is 59.4 Å². The van der Waals surface area contributed by atoms with Crippen molar-refractivity contribution >= 4 is 21.4 Å². The van der Waals surface area contributed by atoms with Crippen LogP contribution in [0.5, 0.6) is 0 Å². The van der Waals surface area contributed by atoms with Crippen LogP contribution in [0.1, 0.15) is 16.9 Å². The lowest BCUT2D eigenvalue weighted by atomic mass is 10.2. The van der Waals surface area contributed by atoms with Crippen molar-refractivity contribution in [1.82, 2.24) is 9.88 Å². The molecule has 10 heteroatoms. The van der Waals surface area contributed by atoms with Gasteiger partial charge in [-0.3, -0.25) is 0 Å². The van der Waals surface area contributed by atoms with Gasteiger partial charge in [0.25, 0.3) is 0 Å². The van der Waals surface area contributed by atoms with Crippen LogP contribution in [0, 0.1) is 6.92 Å². The van der Waals surface area contributed by atoms with Crippen molar-refractivity contribution in [2.24, 2.45) is 0 Å². The molecule has 138 valence electrons. The highest BCUT2D eigenvalue weighted by molar-refractivity contribution is 7.91. The Balaban J connectivity index is 1.75. The first kappa shape index (κ1) is 18.6. The Kier molecular flexibility index (Phi) is 4.91. The van der Waals surface area contributed by atoms with Crippen LogP contribution in [0.25, 0.3) is 10.6 Å². The number of sulfonamides is 1. The molecule has 0 bridgehead atoms. The molecule has 26 heavy (non-hydrogen) atoms. The summed E-state index contributed by atoms with van der Waals surface area (Å²) in [5, 5.41) is 3.35. The van der Waals surface area contributed by atoms with Gasteiger partial charge in [0.15, 0.2) is 0 Å². The SMILES string of the molecule is Cc1ccc(CNS(=O)(=O)c2ccc(-c3cc(C(F)(F)F)on3)s2)cc1. The molecule has 0 amide bonds. The minimum absolute atomic E-state index is 0.0174. The maximum absolute atomic E-state index is 12.6. The highest BCUT2D eigenvalue weighted by atomic mass is 32.2. The van der Waals surface area contributed by atoms with Crippen molar-refractivity contribution in [2.75, 3.05) is 0 Å². The van der Waals surface area contributed by atoms with Crippen molar-refractivity contribution in [2.45, 2.75) is 23.9 Å². The zero-order valence-electron chi connectivity index (χ0n) is 13.4. The van der Waals surface area contributed by atoms with Crippen LogP contribution in [0.2, 0.25) is 0 Å². The third-order valence-electron chi connectivity index (χ3n) is 3.48. The summed E-state index contributed by atoms with van der Waals surface area (Å²) in [4.78, 5) is 0.264. The smallest absolute Gasteiger partial charge is 0.351 e. The molecule has 1 aromatic carbocycles. The molecule has 0 aliphatic rings. The summed E-state index contributed by atoms with van der Waals surface area (Å²) in [5.41, 5.74) is 1.79. The Bertz CT molecular complexity index is 1010. The summed E-state index contributed by atoms with van der Waals surface area (Å²) in [6, 6.07) is 10.8. The number of aryl methyl sites for hydroxylation is 1. The fraction of sp³-hybridized carbons (Fsp3) is 0.188. The lowest BCUT2D eigenvalue weighted by molar-refractivity contribution is -0.155. The third-order valence-corrected chi connectivity index (χ3v) is 6.48. The van der Waals surface area contributed by atoms with Crippen LogP contribution in [0.15, 0.2) is 51.2 Å². The maximum Gasteiger partial charge on any atom is 0.452 e. The molecule has 0 atom stereocenters. The summed E-state index contributed by atoms with van der Waals surface area (Å²) in [5.74, 6) is -1.23. The van der Waals surface area contributed by atoms with Gasteiger partial charge in [0.2, 0.25) is 15.8 Å². The quantitative estimate of drug-likeness (QED) is 0.694. The molecule has 3 rings (SSSR count). The van der Waals surface area contributed by atoms with Gasteiger partial charge in [-0.05, 0) is 24.6 Å². The van der Waals surface area contributed by atoms with Crippen molar-refractivity contribution in [3.8, 4) is 10.6 Å². The van der Waals surface area contributed by atoms with Crippen LogP contribution < -0.4 is 4.72 Å². The minimum atomic E-state index is -4.65. The third kappa shape index (κ3) is 4.14. The molecular formula is C16H13F3N2O3S2. The second-order valence-electron chi connectivity index (χ2n) is 5.50. The van der Waals surface area contributed by atoms with Crippen molar-refractivity contribution in [3.63, 3.8) is 0 Å². The number of aromatic nitrogens is 1. The Labute approximate surface area is 151 Å². The van der Waals surface area contributed by atoms with Crippen molar-refractivity contribution in [1.29, 1.82) is 0 Å². The highest BCUT2D eigenvalue weighted by Crippen LogP contribution is 2.35. The summed E-state index contributed by atoms with van der Waals surface area (Å²) in [7, 11) is -3.79. The van der Waals surface area contributed by atoms with Gasteiger partial charge in [-0.25, -0.2) is 13.1 Å². The molecular weight excluding hydrogens is 389 g/mol. The predicted octanol–water partition coefficient (Wildman–Crippen LogP) is 4.21. The molecule has 5 nitrogen and oxygen atoms in total. The van der Waals surface area contributed by atoms with Gasteiger partial charge in [0.1, 0.15) is 9.90 Å². The van der Waals surface area contributed by atoms with Gasteiger partial charge >= 0.3 is 6.18 Å². The summed E-state index contributed by atoms with van der Waals surface area (Å²) in [6.45, 7) is 2.03. The monoisotopic (exact) mass is 402 g/mol. The van der Waals surface area contributed by atoms with E-state index in [-0.39, 0.29) is 21.3 Å². The number of hydrogen-bond donors (Lipinski definition) is 1. The average molecular weight is 402 g/mol. The fourth-order valence-electron chi connectivity index (χ4n) is 2.08. The van der Waals surface area contributed by atoms with E-state index in [1.54, 1.807) is 0 Å². The van der Waals surface area contributed by atoms with E-state index in [0.29, 0.717) is 0 Å². The lowest BCUT2D eigenvalue weighted by Gasteiger charge is -2.05. The number of nitrogens with zero attached hydrogens (tertiary/aromatic N) is 1. The summed E-state index contributed by atoms with van der Waals surface area (Å²) in [6.07, 6.45) is -4.65. The molecule has 2 heterocycles. The Morgan fingerprint density at radius 2 is 1.85 bits per heavy atom. The van der Waals surface area contributed by atoms with Gasteiger partial charge in [-0.1, -0.05) is 35.0 Å². The predicted molar refractivity (Wildman–Crippen MR) is 90.0 cm³/mol. The van der Waals surface area contributed by atoms with Crippen molar-refractivity contribution < 1.29 is 26.1 Å². The largest absolute Gasteiger partial charge is 0.452 e. The van der Waals surface area contributed by atoms with Crippen LogP contribution in [0.4, 0.5) is 13.2 Å². The van der Waals surface area contributed by atoms with E-state index in [2.05, 4.69) is 14.4 Å². The number of thiophene rings is 1. The maximum atomic E-state index is 12.6. The molecule has 0 radical (unpaired) electrons. The van der Waals surface area contributed by atoms with Crippen LogP contribution >= 0.6 is 11.3 Å². The van der Waals surface area contributed by atoms with E-state index in [4.69, 9.17) is 0 Å². The fourth-order valence-corrected chi connectivity index (χ4v) is 4.40. The Hall–Kier alpha value is -2.17. The van der Waals surface area contributed by atoms with Crippen LogP contribution in [-0.4, -0.2) is 13.6 Å². The summed E-state index contributed by atoms with van der Waals surface area (Å²) >= 11 is 0.814. The second kappa shape index (κ2) is 6.86. The zero-order valence-corrected chi connectivity index (χ0v) is 15.0. The molecule has 2 aromatic heterocycles. The zero-order chi connectivity index (χ0) is 18.9. The van der Waals surface area contributed by atoms with Gasteiger partial charge in [0, 0.05) is 12.6 Å². The molecule has 0 spiro atoms. The van der Waals surface area contributed by atoms with E-state index in [9.17, 15) is 21.6 Å². The first-order valence-corrected chi connectivity index (χ1v) is 9.64. The average Bonchev–Trinajstić information content (AvgIpc) is 3.23. The number of benzene rings is 1. The van der Waals surface area contributed by atoms with Gasteiger partial charge in [-0.15, -0.1) is 11.3 Å². The minimum Gasteiger partial charge on any atom is -0.351 e. The molecule has 0 fully saturated rings. The van der Waals surface area contributed by atoms with E-state index >= 15 is 0 Å². The Morgan fingerprint density at radius 3 is 2.46 bits per heavy atom. The molecule has 0 unspecified atom stereocenters. The normalized spacial score (nSPS) is 12.5. The lowest BCUT2D eigenvalue weighted by Crippen LogP contribution is -2.22. The summed E-state index contributed by atoms with van der Waals surface area (Å²) < 4.78 is 69.1. The van der Waals surface area contributed by atoms with Crippen LogP contribution in [-0.2, 0) is 22.7 Å². The Morgan fingerprint density at radius 1 is 1.15 bits per heavy atom. The number of rotatable bonds is 5. The number of halogens is 3. The molecule has 1 N–H and O–H groups in total. The molecule has 0 aliphatic heterocycles. The molecule has 3 aromatic rings. The van der Waals surface area contributed by atoms with E-state index in [0.717, 1.165) is 28.5 Å². The van der Waals surface area contributed by atoms with Crippen LogP contribution in [0.3, 0.4) is 0 Å². The van der Waals surface area contributed by atoms with Gasteiger partial charge in [0.05, 0.1) is 4.88 Å². The van der Waals surface area contributed by atoms with E-state index in [1.807, 2.05) is 31.2 Å². The first-order chi connectivity index (χ1) is 12.1. The molecule has 0 saturated carbocycles. The number of nitrogens with one attached hydrogen (secondary N) is 1. The standard InChI is InChI=1S/C16H13F3N2O3S2/c1-10-2-4-11(5-3-10)9-20-26(22,23)15-7-6-13(25-15)12-8-14(24-21-12)16(17,18)19/h2-8,20H,9H2,1H3. The first-order valence-electron chi connectivity index (χ1n) is 7.34. The molecule has 0 saturated heterocycles. The topological polar surface area (TPSA) is 72.2 Å². The highest BCUT2D eigenvalue weighted by Gasteiger charge is 2.36. The van der Waals surface area contributed by atoms with E-state index < -0.39 is 22.0 Å². The number of alkyl halides is 3. The number of hydrogen-bond acceptors (Lipinski definition) is 5. The van der Waals surface area contributed by atoms with Gasteiger partial charge in [-0.2, -0.15) is 13.2 Å².